The lowest BCUT2D eigenvalue weighted by Gasteiger charge is -2.32. The molecule has 0 aliphatic carbocycles. The van der Waals surface area contributed by atoms with Gasteiger partial charge >= 0.3 is 0 Å². The highest BCUT2D eigenvalue weighted by atomic mass is 19.1. The van der Waals surface area contributed by atoms with Crippen LogP contribution in [0.4, 0.5) is 8.78 Å². The smallest absolute Gasteiger partial charge is 0.220 e. The van der Waals surface area contributed by atoms with Gasteiger partial charge < -0.3 is 10.2 Å². The summed E-state index contributed by atoms with van der Waals surface area (Å²) in [6, 6.07) is 11.6. The number of likely N-dealkylation sites (N-methyl/N-ethyl adjacent to an activating group) is 1. The lowest BCUT2D eigenvalue weighted by molar-refractivity contribution is -0.121. The first kappa shape index (κ1) is 20.4. The van der Waals surface area contributed by atoms with E-state index in [0.717, 1.165) is 56.5 Å². The third-order valence-corrected chi connectivity index (χ3v) is 5.14. The zero-order valence-corrected chi connectivity index (χ0v) is 16.3. The van der Waals surface area contributed by atoms with Crippen LogP contribution < -0.4 is 5.32 Å². The van der Waals surface area contributed by atoms with Crippen LogP contribution in [0.3, 0.4) is 0 Å². The predicted molar refractivity (Wildman–Crippen MR) is 106 cm³/mol. The third kappa shape index (κ3) is 6.11. The number of benzene rings is 2. The summed E-state index contributed by atoms with van der Waals surface area (Å²) >= 11 is 0. The Morgan fingerprint density at radius 3 is 2.39 bits per heavy atom. The molecule has 0 spiro atoms. The number of nitrogens with one attached hydrogen (secondary N) is 1. The molecule has 1 aliphatic heterocycles. The molecular weight excluding hydrogens is 360 g/mol. The van der Waals surface area contributed by atoms with E-state index in [0.29, 0.717) is 6.54 Å². The number of amides is 1. The number of hydrogen-bond acceptors (Lipinski definition) is 3. The fraction of sp³-hybridized carbons (Fsp3) is 0.409. The van der Waals surface area contributed by atoms with Gasteiger partial charge in [-0.1, -0.05) is 24.3 Å². The summed E-state index contributed by atoms with van der Waals surface area (Å²) in [7, 11) is 2.15. The number of carbonyl (C=O) groups is 1. The van der Waals surface area contributed by atoms with Crippen molar-refractivity contribution in [3.05, 3.63) is 70.8 Å². The van der Waals surface area contributed by atoms with Gasteiger partial charge in [-0.3, -0.25) is 9.69 Å². The molecule has 1 N–H and O–H groups in total. The lowest BCUT2D eigenvalue weighted by Crippen LogP contribution is -2.43. The van der Waals surface area contributed by atoms with E-state index in [2.05, 4.69) is 34.3 Å². The lowest BCUT2D eigenvalue weighted by atomic mass is 10.1. The molecule has 1 saturated heterocycles. The first-order chi connectivity index (χ1) is 13.5. The van der Waals surface area contributed by atoms with Crippen LogP contribution in [-0.2, 0) is 24.3 Å². The molecule has 2 aromatic rings. The van der Waals surface area contributed by atoms with E-state index in [-0.39, 0.29) is 24.3 Å². The van der Waals surface area contributed by atoms with Crippen molar-refractivity contribution in [2.45, 2.75) is 25.9 Å². The molecular formula is C22H27F2N3O. The number of nitrogens with zero attached hydrogens (tertiary/aromatic N) is 2. The van der Waals surface area contributed by atoms with Gasteiger partial charge in [0.25, 0.3) is 0 Å². The van der Waals surface area contributed by atoms with Crippen molar-refractivity contribution in [2.24, 2.45) is 0 Å². The fourth-order valence-electron chi connectivity index (χ4n) is 3.30. The van der Waals surface area contributed by atoms with Gasteiger partial charge in [0.2, 0.25) is 5.91 Å². The van der Waals surface area contributed by atoms with Crippen molar-refractivity contribution >= 4 is 5.91 Å². The van der Waals surface area contributed by atoms with E-state index in [1.165, 1.54) is 5.56 Å². The van der Waals surface area contributed by atoms with Crippen LogP contribution >= 0.6 is 0 Å². The monoisotopic (exact) mass is 387 g/mol. The Labute approximate surface area is 165 Å². The number of rotatable bonds is 7. The van der Waals surface area contributed by atoms with Crippen molar-refractivity contribution in [1.29, 1.82) is 0 Å². The Morgan fingerprint density at radius 2 is 1.68 bits per heavy atom. The van der Waals surface area contributed by atoms with Crippen LogP contribution in [0.2, 0.25) is 0 Å². The number of halogens is 2. The second-order valence-corrected chi connectivity index (χ2v) is 7.41. The van der Waals surface area contributed by atoms with Gasteiger partial charge in [0.1, 0.15) is 11.6 Å². The zero-order chi connectivity index (χ0) is 19.9. The molecule has 150 valence electrons. The number of piperazine rings is 1. The SMILES string of the molecule is CN1CCN(Cc2ccc(CNC(=O)CCc3cc(F)ccc3F)cc2)CC1. The van der Waals surface area contributed by atoms with Gasteiger partial charge in [-0.25, -0.2) is 8.78 Å². The molecule has 3 rings (SSSR count). The molecule has 4 nitrogen and oxygen atoms in total. The van der Waals surface area contributed by atoms with Crippen molar-refractivity contribution in [3.63, 3.8) is 0 Å². The van der Waals surface area contributed by atoms with Crippen molar-refractivity contribution in [2.75, 3.05) is 33.2 Å². The molecule has 1 heterocycles. The van der Waals surface area contributed by atoms with E-state index < -0.39 is 11.6 Å². The Balaban J connectivity index is 1.41. The minimum Gasteiger partial charge on any atom is -0.352 e. The minimum absolute atomic E-state index is 0.127. The van der Waals surface area contributed by atoms with Gasteiger partial charge in [-0.15, -0.1) is 0 Å². The molecule has 28 heavy (non-hydrogen) atoms. The molecule has 1 aliphatic rings. The van der Waals surface area contributed by atoms with Gasteiger partial charge in [-0.2, -0.15) is 0 Å². The Hall–Kier alpha value is -2.31. The zero-order valence-electron chi connectivity index (χ0n) is 16.3. The molecule has 2 aromatic carbocycles. The summed E-state index contributed by atoms with van der Waals surface area (Å²) in [5.74, 6) is -1.15. The first-order valence-electron chi connectivity index (χ1n) is 9.69. The van der Waals surface area contributed by atoms with Gasteiger partial charge in [0, 0.05) is 45.7 Å². The normalized spacial score (nSPS) is 15.5. The Kier molecular flexibility index (Phi) is 7.12. The standard InChI is InChI=1S/C22H27F2N3O/c1-26-10-12-27(13-11-26)16-18-4-2-17(3-5-18)15-25-22(28)9-6-19-14-20(23)7-8-21(19)24/h2-5,7-8,14H,6,9-13,15-16H2,1H3,(H,25,28). The highest BCUT2D eigenvalue weighted by molar-refractivity contribution is 5.76. The van der Waals surface area contributed by atoms with Crippen LogP contribution in [0.5, 0.6) is 0 Å². The van der Waals surface area contributed by atoms with Crippen LogP contribution in [0.15, 0.2) is 42.5 Å². The second-order valence-electron chi connectivity index (χ2n) is 7.41. The van der Waals surface area contributed by atoms with Gasteiger partial charge in [0.05, 0.1) is 0 Å². The highest BCUT2D eigenvalue weighted by Crippen LogP contribution is 2.12. The molecule has 6 heteroatoms. The summed E-state index contributed by atoms with van der Waals surface area (Å²) in [6.07, 6.45) is 0.307. The summed E-state index contributed by atoms with van der Waals surface area (Å²) in [5.41, 5.74) is 2.51. The second kappa shape index (κ2) is 9.75. The molecule has 0 radical (unpaired) electrons. The average molecular weight is 387 g/mol. The van der Waals surface area contributed by atoms with E-state index in [9.17, 15) is 13.6 Å². The molecule has 0 unspecified atom stereocenters. The number of carbonyl (C=O) groups excluding carboxylic acids is 1. The van der Waals surface area contributed by atoms with E-state index >= 15 is 0 Å². The quantitative estimate of drug-likeness (QED) is 0.794. The third-order valence-electron chi connectivity index (χ3n) is 5.14. The van der Waals surface area contributed by atoms with Crippen LogP contribution in [-0.4, -0.2) is 48.9 Å². The van der Waals surface area contributed by atoms with E-state index in [1.807, 2.05) is 12.1 Å². The Bertz CT molecular complexity index is 787. The molecule has 0 atom stereocenters. The number of hydrogen-bond donors (Lipinski definition) is 1. The Morgan fingerprint density at radius 1 is 1.00 bits per heavy atom. The molecule has 0 bridgehead atoms. The predicted octanol–water partition coefficient (Wildman–Crippen LogP) is 2.96. The van der Waals surface area contributed by atoms with Gasteiger partial charge in [0.15, 0.2) is 0 Å². The average Bonchev–Trinajstić information content (AvgIpc) is 2.70. The van der Waals surface area contributed by atoms with Crippen LogP contribution in [0, 0.1) is 11.6 Å². The van der Waals surface area contributed by atoms with E-state index in [1.54, 1.807) is 0 Å². The summed E-state index contributed by atoms with van der Waals surface area (Å²) in [6.45, 7) is 5.74. The van der Waals surface area contributed by atoms with Crippen LogP contribution in [0.25, 0.3) is 0 Å². The summed E-state index contributed by atoms with van der Waals surface area (Å²) < 4.78 is 26.8. The van der Waals surface area contributed by atoms with E-state index in [4.69, 9.17) is 0 Å². The highest BCUT2D eigenvalue weighted by Gasteiger charge is 2.13. The summed E-state index contributed by atoms with van der Waals surface area (Å²) in [5, 5.41) is 2.84. The molecule has 1 fully saturated rings. The maximum absolute atomic E-state index is 13.6. The van der Waals surface area contributed by atoms with Crippen molar-refractivity contribution in [3.8, 4) is 0 Å². The molecule has 0 aromatic heterocycles. The van der Waals surface area contributed by atoms with Crippen molar-refractivity contribution in [1.82, 2.24) is 15.1 Å². The minimum atomic E-state index is -0.492. The first-order valence-corrected chi connectivity index (χ1v) is 9.69. The van der Waals surface area contributed by atoms with Gasteiger partial charge in [-0.05, 0) is 48.4 Å². The number of aryl methyl sites for hydroxylation is 1. The fourth-order valence-corrected chi connectivity index (χ4v) is 3.30. The largest absolute Gasteiger partial charge is 0.352 e. The topological polar surface area (TPSA) is 35.6 Å². The maximum Gasteiger partial charge on any atom is 0.220 e. The van der Waals surface area contributed by atoms with Crippen molar-refractivity contribution < 1.29 is 13.6 Å². The maximum atomic E-state index is 13.6. The summed E-state index contributed by atoms with van der Waals surface area (Å²) in [4.78, 5) is 16.8. The molecule has 0 saturated carbocycles. The van der Waals surface area contributed by atoms with Crippen LogP contribution in [0.1, 0.15) is 23.1 Å². The molecule has 1 amide bonds.